The number of hydrogen-bond donors (Lipinski definition) is 7. The molecular weight excluding hydrogens is 356 g/mol. The molecule has 11 nitrogen and oxygen atoms in total. The van der Waals surface area contributed by atoms with Gasteiger partial charge in [-0.3, -0.25) is 4.29 Å². The number of rotatable bonds is 6. The lowest BCUT2D eigenvalue weighted by Crippen LogP contribution is -2.62. The maximum atomic E-state index is 10.0. The second-order valence-electron chi connectivity index (χ2n) is 5.65. The Kier molecular flexibility index (Phi) is 6.75. The highest BCUT2D eigenvalue weighted by molar-refractivity contribution is 6.07. The summed E-state index contributed by atoms with van der Waals surface area (Å²) in [5.74, 6) is -2.22. The van der Waals surface area contributed by atoms with E-state index in [-0.39, 0.29) is 6.61 Å². The molecule has 0 amide bonds. The molecule has 0 aromatic carbocycles. The Hall–Kier alpha value is -0.150. The summed E-state index contributed by atoms with van der Waals surface area (Å²) in [7, 11) is 0. The first kappa shape index (κ1) is 20.2. The van der Waals surface area contributed by atoms with Crippen molar-refractivity contribution in [3.8, 4) is 0 Å². The molecule has 0 unspecified atom stereocenters. The van der Waals surface area contributed by atoms with Crippen molar-refractivity contribution in [3.63, 3.8) is 0 Å². The number of hydrogen-bond acceptors (Lipinski definition) is 11. The highest BCUT2D eigenvalue weighted by atomic mass is 35.5. The van der Waals surface area contributed by atoms with Gasteiger partial charge in [-0.05, 0) is 0 Å². The van der Waals surface area contributed by atoms with E-state index in [0.29, 0.717) is 0 Å². The topological polar surface area (TPSA) is 179 Å². The summed E-state index contributed by atoms with van der Waals surface area (Å²) in [5, 5.41) is 68.1. The minimum Gasteiger partial charge on any atom is -0.394 e. The molecule has 2 heterocycles. The summed E-state index contributed by atoms with van der Waals surface area (Å²) in [4.78, 5) is 0. The Morgan fingerprint density at radius 3 is 2.08 bits per heavy atom. The number of aliphatic hydroxyl groups excluding tert-OH is 7. The Morgan fingerprint density at radius 2 is 1.58 bits per heavy atom. The van der Waals surface area contributed by atoms with E-state index in [4.69, 9.17) is 31.2 Å². The van der Waals surface area contributed by atoms with Crippen LogP contribution in [0.2, 0.25) is 0 Å². The third kappa shape index (κ3) is 3.53. The molecule has 0 bridgehead atoms. The van der Waals surface area contributed by atoms with Gasteiger partial charge in [-0.1, -0.05) is 0 Å². The van der Waals surface area contributed by atoms with E-state index in [0.717, 1.165) is 0 Å². The van der Waals surface area contributed by atoms with Gasteiger partial charge in [-0.2, -0.15) is 0 Å². The van der Waals surface area contributed by atoms with Crippen LogP contribution in [0, 0.1) is 0 Å². The second-order valence-corrected chi connectivity index (χ2v) is 5.87. The van der Waals surface area contributed by atoms with Gasteiger partial charge in [0.05, 0.1) is 25.1 Å². The van der Waals surface area contributed by atoms with E-state index < -0.39 is 68.0 Å². The number of aliphatic hydroxyl groups is 7. The Labute approximate surface area is 141 Å². The predicted octanol–water partition coefficient (Wildman–Crippen LogP) is -4.22. The molecule has 0 spiro atoms. The standard InChI is InChI=1S/C12H21ClO11/c13-21-2-5-6(16)8(18)9(19)11(22-5)24-12(3-15)10(20)7(17)4(1-14)23-12/h4-11,14-20H,1-3H2/t4-,5-,6-,7-,8+,9-,10+,11-,12+/m1/s1. The first-order valence-electron chi connectivity index (χ1n) is 7.18. The minimum absolute atomic E-state index is 0.357. The van der Waals surface area contributed by atoms with Gasteiger partial charge < -0.3 is 50.0 Å². The van der Waals surface area contributed by atoms with Gasteiger partial charge in [0, 0.05) is 0 Å². The molecule has 9 atom stereocenters. The molecule has 24 heavy (non-hydrogen) atoms. The first-order valence-corrected chi connectivity index (χ1v) is 7.48. The molecule has 7 N–H and O–H groups in total. The molecule has 2 saturated heterocycles. The summed E-state index contributed by atoms with van der Waals surface area (Å²) in [6.45, 7) is -1.98. The van der Waals surface area contributed by atoms with Crippen molar-refractivity contribution in [2.75, 3.05) is 19.8 Å². The van der Waals surface area contributed by atoms with Crippen molar-refractivity contribution in [3.05, 3.63) is 0 Å². The Bertz CT molecular complexity index is 414. The van der Waals surface area contributed by atoms with Crippen molar-refractivity contribution in [2.45, 2.75) is 54.8 Å². The maximum absolute atomic E-state index is 10.0. The first-order chi connectivity index (χ1) is 11.3. The van der Waals surface area contributed by atoms with E-state index in [1.54, 1.807) is 0 Å². The van der Waals surface area contributed by atoms with Crippen LogP contribution in [-0.2, 0) is 18.5 Å². The van der Waals surface area contributed by atoms with Gasteiger partial charge in [-0.15, -0.1) is 0 Å². The molecule has 0 radical (unpaired) electrons. The van der Waals surface area contributed by atoms with Crippen molar-refractivity contribution >= 4 is 11.9 Å². The summed E-state index contributed by atoms with van der Waals surface area (Å²) < 4.78 is 20.0. The van der Waals surface area contributed by atoms with Crippen LogP contribution in [0.3, 0.4) is 0 Å². The highest BCUT2D eigenvalue weighted by Gasteiger charge is 2.58. The van der Waals surface area contributed by atoms with E-state index in [1.807, 2.05) is 0 Å². The SMILES string of the molecule is OC[C@H]1O[C@@](CO)(O[C@H]2O[C@H](COCl)[C@@H](O)[C@H](O)[C@H]2O)[C@@H](O)[C@@H]1O. The lowest BCUT2D eigenvalue weighted by molar-refractivity contribution is -0.383. The molecule has 0 aromatic heterocycles. The second kappa shape index (κ2) is 8.03. The highest BCUT2D eigenvalue weighted by Crippen LogP contribution is 2.35. The van der Waals surface area contributed by atoms with Gasteiger partial charge in [0.1, 0.15) is 49.3 Å². The monoisotopic (exact) mass is 376 g/mol. The summed E-state index contributed by atoms with van der Waals surface area (Å²) in [5.41, 5.74) is 0. The van der Waals surface area contributed by atoms with E-state index in [1.165, 1.54) is 0 Å². The average molecular weight is 377 g/mol. The average Bonchev–Trinajstić information content (AvgIpc) is 2.82. The molecule has 0 aliphatic carbocycles. The fourth-order valence-corrected chi connectivity index (χ4v) is 2.80. The molecule has 2 rings (SSSR count). The third-order valence-corrected chi connectivity index (χ3v) is 4.24. The normalized spacial score (nSPS) is 49.5. The summed E-state index contributed by atoms with van der Waals surface area (Å²) in [6.07, 6.45) is -12.4. The quantitative estimate of drug-likeness (QED) is 0.239. The number of halogens is 1. The molecule has 2 aliphatic heterocycles. The fraction of sp³-hybridized carbons (Fsp3) is 1.00. The number of ether oxygens (including phenoxy) is 3. The largest absolute Gasteiger partial charge is 0.394 e. The van der Waals surface area contributed by atoms with Crippen molar-refractivity contribution < 1.29 is 54.2 Å². The lowest BCUT2D eigenvalue weighted by atomic mass is 9.99. The Balaban J connectivity index is 2.17. The lowest BCUT2D eigenvalue weighted by Gasteiger charge is -2.43. The zero-order valence-electron chi connectivity index (χ0n) is 12.4. The zero-order chi connectivity index (χ0) is 18.1. The fourth-order valence-electron chi connectivity index (χ4n) is 2.68. The van der Waals surface area contributed by atoms with E-state index in [2.05, 4.69) is 4.29 Å². The minimum atomic E-state index is -2.22. The summed E-state index contributed by atoms with van der Waals surface area (Å²) >= 11 is 5.10. The van der Waals surface area contributed by atoms with Crippen molar-refractivity contribution in [1.29, 1.82) is 0 Å². The van der Waals surface area contributed by atoms with Gasteiger partial charge >= 0.3 is 0 Å². The van der Waals surface area contributed by atoms with E-state index in [9.17, 15) is 30.6 Å². The van der Waals surface area contributed by atoms with Crippen molar-refractivity contribution in [2.24, 2.45) is 0 Å². The van der Waals surface area contributed by atoms with Crippen LogP contribution in [0.5, 0.6) is 0 Å². The van der Waals surface area contributed by atoms with Gasteiger partial charge in [0.15, 0.2) is 6.29 Å². The van der Waals surface area contributed by atoms with Gasteiger partial charge in [-0.25, -0.2) is 0 Å². The van der Waals surface area contributed by atoms with Crippen LogP contribution in [0.15, 0.2) is 0 Å². The molecule has 2 fully saturated rings. The third-order valence-electron chi connectivity index (χ3n) is 4.12. The zero-order valence-corrected chi connectivity index (χ0v) is 13.1. The predicted molar refractivity (Wildman–Crippen MR) is 73.4 cm³/mol. The van der Waals surface area contributed by atoms with E-state index >= 15 is 0 Å². The molecule has 2 aliphatic rings. The van der Waals surface area contributed by atoms with Crippen LogP contribution in [0.25, 0.3) is 0 Å². The van der Waals surface area contributed by atoms with Gasteiger partial charge in [0.2, 0.25) is 5.79 Å². The van der Waals surface area contributed by atoms with Crippen LogP contribution in [0.4, 0.5) is 0 Å². The maximum Gasteiger partial charge on any atom is 0.224 e. The van der Waals surface area contributed by atoms with Gasteiger partial charge in [0.25, 0.3) is 0 Å². The molecule has 0 saturated carbocycles. The van der Waals surface area contributed by atoms with Crippen LogP contribution in [0.1, 0.15) is 0 Å². The van der Waals surface area contributed by atoms with Crippen LogP contribution >= 0.6 is 11.9 Å². The molecular formula is C12H21ClO11. The van der Waals surface area contributed by atoms with Crippen LogP contribution < -0.4 is 0 Å². The smallest absolute Gasteiger partial charge is 0.224 e. The Morgan fingerprint density at radius 1 is 0.917 bits per heavy atom. The van der Waals surface area contributed by atoms with Crippen molar-refractivity contribution in [1.82, 2.24) is 0 Å². The van der Waals surface area contributed by atoms with Crippen LogP contribution in [-0.4, -0.2) is 110 Å². The molecule has 0 aromatic rings. The molecule has 142 valence electrons. The summed E-state index contributed by atoms with van der Waals surface area (Å²) in [6, 6.07) is 0. The molecule has 12 heteroatoms.